The number of halogens is 1. The third-order valence-electron chi connectivity index (χ3n) is 3.88. The average molecular weight is 416 g/mol. The lowest BCUT2D eigenvalue weighted by Crippen LogP contribution is -2.30. The molecule has 0 unspecified atom stereocenters. The van der Waals surface area contributed by atoms with Crippen LogP contribution in [-0.4, -0.2) is 41.3 Å². The molecule has 0 aliphatic rings. The van der Waals surface area contributed by atoms with Crippen LogP contribution in [0.15, 0.2) is 52.3 Å². The molecule has 27 heavy (non-hydrogen) atoms. The molecule has 2 rings (SSSR count). The Labute approximate surface area is 158 Å². The molecule has 0 atom stereocenters. The molecule has 0 saturated heterocycles. The zero-order chi connectivity index (χ0) is 20.2. The molecule has 0 saturated carbocycles. The number of rotatable bonds is 8. The fourth-order valence-electron chi connectivity index (χ4n) is 2.44. The van der Waals surface area contributed by atoms with Gasteiger partial charge in [-0.05, 0) is 42.5 Å². The van der Waals surface area contributed by atoms with E-state index in [2.05, 4.69) is 4.72 Å². The number of nitrogens with zero attached hydrogens (tertiary/aromatic N) is 1. The Morgan fingerprint density at radius 3 is 2.00 bits per heavy atom. The minimum Gasteiger partial charge on any atom is -0.494 e. The minimum atomic E-state index is -4.04. The monoisotopic (exact) mass is 416 g/mol. The lowest BCUT2D eigenvalue weighted by Gasteiger charge is -2.18. The van der Waals surface area contributed by atoms with Gasteiger partial charge in [-0.1, -0.05) is 13.8 Å². The highest BCUT2D eigenvalue weighted by Gasteiger charge is 2.22. The third kappa shape index (κ3) is 4.57. The van der Waals surface area contributed by atoms with Crippen molar-refractivity contribution in [1.82, 2.24) is 4.31 Å². The van der Waals surface area contributed by atoms with Gasteiger partial charge in [0.1, 0.15) is 0 Å². The fraction of sp³-hybridized carbons (Fsp3) is 0.294. The summed E-state index contributed by atoms with van der Waals surface area (Å²) in [6.07, 6.45) is 0. The number of nitrogens with one attached hydrogen (secondary N) is 1. The first kappa shape index (κ1) is 21.1. The van der Waals surface area contributed by atoms with Crippen molar-refractivity contribution in [3.63, 3.8) is 0 Å². The zero-order valence-corrected chi connectivity index (χ0v) is 16.8. The molecule has 1 N–H and O–H groups in total. The van der Waals surface area contributed by atoms with Crippen molar-refractivity contribution in [2.75, 3.05) is 24.9 Å². The van der Waals surface area contributed by atoms with Gasteiger partial charge in [-0.15, -0.1) is 0 Å². The zero-order valence-electron chi connectivity index (χ0n) is 15.1. The SMILES string of the molecule is CCN(CC)S(=O)(=O)c1ccc(NS(=O)(=O)c2ccc(OC)c(F)c2)cc1. The molecular weight excluding hydrogens is 395 g/mol. The molecule has 0 aliphatic heterocycles. The van der Waals surface area contributed by atoms with E-state index in [-0.39, 0.29) is 21.2 Å². The van der Waals surface area contributed by atoms with Crippen LogP contribution < -0.4 is 9.46 Å². The van der Waals surface area contributed by atoms with E-state index in [9.17, 15) is 21.2 Å². The summed E-state index contributed by atoms with van der Waals surface area (Å²) in [4.78, 5) is -0.217. The van der Waals surface area contributed by atoms with Crippen molar-refractivity contribution in [3.05, 3.63) is 48.3 Å². The van der Waals surface area contributed by atoms with Gasteiger partial charge in [-0.3, -0.25) is 4.72 Å². The van der Waals surface area contributed by atoms with Gasteiger partial charge >= 0.3 is 0 Å². The van der Waals surface area contributed by atoms with Crippen LogP contribution in [0.2, 0.25) is 0 Å². The van der Waals surface area contributed by atoms with Gasteiger partial charge < -0.3 is 4.74 Å². The van der Waals surface area contributed by atoms with Crippen LogP contribution in [0.3, 0.4) is 0 Å². The molecule has 7 nitrogen and oxygen atoms in total. The lowest BCUT2D eigenvalue weighted by atomic mass is 10.3. The molecular formula is C17H21FN2O5S2. The molecule has 0 amide bonds. The van der Waals surface area contributed by atoms with Crippen molar-refractivity contribution >= 4 is 25.7 Å². The number of sulfonamides is 2. The summed E-state index contributed by atoms with van der Waals surface area (Å²) in [5, 5.41) is 0. The summed E-state index contributed by atoms with van der Waals surface area (Å²) in [7, 11) is -6.40. The highest BCUT2D eigenvalue weighted by molar-refractivity contribution is 7.92. The third-order valence-corrected chi connectivity index (χ3v) is 7.33. The highest BCUT2D eigenvalue weighted by atomic mass is 32.2. The Morgan fingerprint density at radius 2 is 1.52 bits per heavy atom. The van der Waals surface area contributed by atoms with Gasteiger partial charge in [0.25, 0.3) is 10.0 Å². The summed E-state index contributed by atoms with van der Waals surface area (Å²) < 4.78 is 71.8. The van der Waals surface area contributed by atoms with E-state index in [0.29, 0.717) is 13.1 Å². The Balaban J connectivity index is 2.27. The Morgan fingerprint density at radius 1 is 0.963 bits per heavy atom. The molecule has 0 spiro atoms. The number of ether oxygens (including phenoxy) is 1. The fourth-order valence-corrected chi connectivity index (χ4v) is 4.96. The smallest absolute Gasteiger partial charge is 0.262 e. The van der Waals surface area contributed by atoms with Crippen LogP contribution in [0.1, 0.15) is 13.8 Å². The summed E-state index contributed by atoms with van der Waals surface area (Å²) in [6, 6.07) is 8.59. The van der Waals surface area contributed by atoms with E-state index < -0.39 is 25.9 Å². The quantitative estimate of drug-likeness (QED) is 0.714. The number of benzene rings is 2. The standard InChI is InChI=1S/C17H21FN2O5S2/c1-4-20(5-2)27(23,24)14-8-6-13(7-9-14)19-26(21,22)15-10-11-17(25-3)16(18)12-15/h6-12,19H,4-5H2,1-3H3. The molecule has 2 aromatic carbocycles. The van der Waals surface area contributed by atoms with Crippen LogP contribution in [0.4, 0.5) is 10.1 Å². The minimum absolute atomic E-state index is 0.0599. The number of methoxy groups -OCH3 is 1. The first-order valence-corrected chi connectivity index (χ1v) is 11.0. The lowest BCUT2D eigenvalue weighted by molar-refractivity contribution is 0.385. The second-order valence-electron chi connectivity index (χ2n) is 5.52. The van der Waals surface area contributed by atoms with Crippen molar-refractivity contribution in [1.29, 1.82) is 0 Å². The van der Waals surface area contributed by atoms with Crippen molar-refractivity contribution in [2.45, 2.75) is 23.6 Å². The number of anilines is 1. The van der Waals surface area contributed by atoms with E-state index in [1.807, 2.05) is 0 Å². The van der Waals surface area contributed by atoms with E-state index in [1.54, 1.807) is 13.8 Å². The molecule has 148 valence electrons. The predicted octanol–water partition coefficient (Wildman–Crippen LogP) is 2.67. The molecule has 10 heteroatoms. The van der Waals surface area contributed by atoms with Gasteiger partial charge in [-0.2, -0.15) is 4.31 Å². The maximum atomic E-state index is 13.8. The normalized spacial score (nSPS) is 12.2. The van der Waals surface area contributed by atoms with E-state index in [0.717, 1.165) is 6.07 Å². The summed E-state index contributed by atoms with van der Waals surface area (Å²) in [5.74, 6) is -0.874. The number of hydrogen-bond acceptors (Lipinski definition) is 5. The highest BCUT2D eigenvalue weighted by Crippen LogP contribution is 2.24. The van der Waals surface area contributed by atoms with Crippen molar-refractivity contribution in [2.24, 2.45) is 0 Å². The van der Waals surface area contributed by atoms with E-state index >= 15 is 0 Å². The summed E-state index contributed by atoms with van der Waals surface area (Å²) >= 11 is 0. The summed E-state index contributed by atoms with van der Waals surface area (Å²) in [5.41, 5.74) is 0.157. The van der Waals surface area contributed by atoms with E-state index in [1.165, 1.54) is 47.8 Å². The van der Waals surface area contributed by atoms with Crippen LogP contribution in [0.5, 0.6) is 5.75 Å². The van der Waals surface area contributed by atoms with Gasteiger partial charge in [0.2, 0.25) is 10.0 Å². The molecule has 0 aliphatic carbocycles. The Kier molecular flexibility index (Phi) is 6.45. The maximum Gasteiger partial charge on any atom is 0.262 e. The summed E-state index contributed by atoms with van der Waals surface area (Å²) in [6.45, 7) is 4.13. The maximum absolute atomic E-state index is 13.8. The molecule has 0 radical (unpaired) electrons. The van der Waals surface area contributed by atoms with Crippen molar-refractivity contribution in [3.8, 4) is 5.75 Å². The average Bonchev–Trinajstić information content (AvgIpc) is 2.62. The first-order chi connectivity index (χ1) is 12.7. The molecule has 0 heterocycles. The van der Waals surface area contributed by atoms with Gasteiger partial charge in [0.05, 0.1) is 16.9 Å². The number of hydrogen-bond donors (Lipinski definition) is 1. The Bertz CT molecular complexity index is 1000. The van der Waals surface area contributed by atoms with Crippen LogP contribution >= 0.6 is 0 Å². The predicted molar refractivity (Wildman–Crippen MR) is 100 cm³/mol. The first-order valence-electron chi connectivity index (χ1n) is 8.12. The molecule has 0 bridgehead atoms. The molecule has 0 fully saturated rings. The van der Waals surface area contributed by atoms with Gasteiger partial charge in [-0.25, -0.2) is 21.2 Å². The second-order valence-corrected chi connectivity index (χ2v) is 9.14. The van der Waals surface area contributed by atoms with Crippen molar-refractivity contribution < 1.29 is 26.0 Å². The van der Waals surface area contributed by atoms with Crippen LogP contribution in [-0.2, 0) is 20.0 Å². The van der Waals surface area contributed by atoms with Gasteiger partial charge in [0, 0.05) is 18.8 Å². The largest absolute Gasteiger partial charge is 0.494 e. The Hall–Kier alpha value is -2.17. The van der Waals surface area contributed by atoms with E-state index in [4.69, 9.17) is 4.74 Å². The van der Waals surface area contributed by atoms with Gasteiger partial charge in [0.15, 0.2) is 11.6 Å². The topological polar surface area (TPSA) is 92.8 Å². The molecule has 0 aromatic heterocycles. The molecule has 2 aromatic rings. The van der Waals surface area contributed by atoms with Crippen LogP contribution in [0.25, 0.3) is 0 Å². The second kappa shape index (κ2) is 8.24. The van der Waals surface area contributed by atoms with Crippen LogP contribution in [0, 0.1) is 5.82 Å².